The standard InChI is InChI=1S/C24H27NO3/c1-2-3-7-16-27-22-14-12-21(13-15-22)24(26)25(19-23-11-8-17-28-23)18-20-9-5-4-6-10-20/h4-6,8-15,17H,2-3,7,16,18-19H2,1H3. The number of furan rings is 1. The highest BCUT2D eigenvalue weighted by Crippen LogP contribution is 2.18. The second-order valence-electron chi connectivity index (χ2n) is 6.81. The van der Waals surface area contributed by atoms with E-state index in [1.165, 1.54) is 6.42 Å². The third-order valence-electron chi connectivity index (χ3n) is 4.55. The molecule has 0 unspecified atom stereocenters. The van der Waals surface area contributed by atoms with E-state index in [1.807, 2.05) is 66.7 Å². The topological polar surface area (TPSA) is 42.7 Å². The summed E-state index contributed by atoms with van der Waals surface area (Å²) >= 11 is 0. The van der Waals surface area contributed by atoms with Crippen LogP contribution < -0.4 is 4.74 Å². The quantitative estimate of drug-likeness (QED) is 0.426. The zero-order chi connectivity index (χ0) is 19.6. The number of carbonyl (C=O) groups is 1. The maximum absolute atomic E-state index is 13.1. The lowest BCUT2D eigenvalue weighted by Gasteiger charge is -2.22. The second kappa shape index (κ2) is 10.4. The van der Waals surface area contributed by atoms with Crippen LogP contribution in [0.15, 0.2) is 77.4 Å². The molecule has 3 rings (SSSR count). The molecule has 146 valence electrons. The van der Waals surface area contributed by atoms with E-state index in [2.05, 4.69) is 6.92 Å². The predicted molar refractivity (Wildman–Crippen MR) is 110 cm³/mol. The van der Waals surface area contributed by atoms with E-state index in [1.54, 1.807) is 11.2 Å². The number of rotatable bonds is 10. The molecule has 2 aromatic carbocycles. The number of benzene rings is 2. The number of carbonyl (C=O) groups excluding carboxylic acids is 1. The van der Waals surface area contributed by atoms with Crippen molar-refractivity contribution in [3.05, 3.63) is 89.9 Å². The van der Waals surface area contributed by atoms with Gasteiger partial charge in [-0.2, -0.15) is 0 Å². The Morgan fingerprint density at radius 2 is 1.71 bits per heavy atom. The highest BCUT2D eigenvalue weighted by atomic mass is 16.5. The summed E-state index contributed by atoms with van der Waals surface area (Å²) in [6, 6.07) is 21.1. The minimum absolute atomic E-state index is 0.0298. The van der Waals surface area contributed by atoms with Crippen molar-refractivity contribution in [2.45, 2.75) is 39.3 Å². The third kappa shape index (κ3) is 5.74. The van der Waals surface area contributed by atoms with Gasteiger partial charge < -0.3 is 14.1 Å². The monoisotopic (exact) mass is 377 g/mol. The number of ether oxygens (including phenoxy) is 1. The van der Waals surface area contributed by atoms with E-state index in [4.69, 9.17) is 9.15 Å². The van der Waals surface area contributed by atoms with Crippen LogP contribution in [0.2, 0.25) is 0 Å². The van der Waals surface area contributed by atoms with Gasteiger partial charge in [0.1, 0.15) is 11.5 Å². The predicted octanol–water partition coefficient (Wildman–Crippen LogP) is 5.69. The first kappa shape index (κ1) is 19.7. The minimum Gasteiger partial charge on any atom is -0.494 e. The molecule has 1 amide bonds. The molecule has 1 aromatic heterocycles. The van der Waals surface area contributed by atoms with Gasteiger partial charge in [-0.05, 0) is 48.4 Å². The Morgan fingerprint density at radius 1 is 0.929 bits per heavy atom. The molecule has 0 bridgehead atoms. The van der Waals surface area contributed by atoms with Crippen LogP contribution in [-0.2, 0) is 13.1 Å². The summed E-state index contributed by atoms with van der Waals surface area (Å²) in [6.45, 7) is 3.83. The SMILES string of the molecule is CCCCCOc1ccc(C(=O)N(Cc2ccccc2)Cc2ccco2)cc1. The van der Waals surface area contributed by atoms with Crippen molar-refractivity contribution in [2.24, 2.45) is 0 Å². The third-order valence-corrected chi connectivity index (χ3v) is 4.55. The van der Waals surface area contributed by atoms with Gasteiger partial charge in [-0.15, -0.1) is 0 Å². The minimum atomic E-state index is -0.0298. The summed E-state index contributed by atoms with van der Waals surface area (Å²) in [6.07, 6.45) is 5.01. The van der Waals surface area contributed by atoms with Gasteiger partial charge in [0.15, 0.2) is 0 Å². The molecule has 0 aliphatic heterocycles. The maximum Gasteiger partial charge on any atom is 0.254 e. The first-order valence-electron chi connectivity index (χ1n) is 9.84. The highest BCUT2D eigenvalue weighted by molar-refractivity contribution is 5.94. The first-order chi connectivity index (χ1) is 13.8. The van der Waals surface area contributed by atoms with Crippen LogP contribution in [0.1, 0.15) is 47.9 Å². The van der Waals surface area contributed by atoms with Gasteiger partial charge in [-0.25, -0.2) is 0 Å². The molecule has 3 aromatic rings. The Hall–Kier alpha value is -3.01. The highest BCUT2D eigenvalue weighted by Gasteiger charge is 2.18. The summed E-state index contributed by atoms with van der Waals surface area (Å²) in [4.78, 5) is 14.9. The van der Waals surface area contributed by atoms with Gasteiger partial charge >= 0.3 is 0 Å². The molecule has 4 heteroatoms. The van der Waals surface area contributed by atoms with Crippen molar-refractivity contribution in [3.63, 3.8) is 0 Å². The normalized spacial score (nSPS) is 10.6. The molecule has 0 saturated carbocycles. The lowest BCUT2D eigenvalue weighted by Crippen LogP contribution is -2.30. The van der Waals surface area contributed by atoms with Crippen molar-refractivity contribution < 1.29 is 13.9 Å². The Kier molecular flexibility index (Phi) is 7.30. The number of hydrogen-bond acceptors (Lipinski definition) is 3. The fourth-order valence-corrected chi connectivity index (χ4v) is 3.01. The summed E-state index contributed by atoms with van der Waals surface area (Å²) < 4.78 is 11.2. The zero-order valence-electron chi connectivity index (χ0n) is 16.3. The molecule has 0 aliphatic carbocycles. The van der Waals surface area contributed by atoms with Gasteiger partial charge in [-0.3, -0.25) is 4.79 Å². The second-order valence-corrected chi connectivity index (χ2v) is 6.81. The molecule has 28 heavy (non-hydrogen) atoms. The summed E-state index contributed by atoms with van der Waals surface area (Å²) in [5.74, 6) is 1.53. The van der Waals surface area contributed by atoms with E-state index >= 15 is 0 Å². The molecule has 0 N–H and O–H groups in total. The summed E-state index contributed by atoms with van der Waals surface area (Å²) in [5, 5.41) is 0. The molecule has 0 atom stereocenters. The van der Waals surface area contributed by atoms with E-state index in [9.17, 15) is 4.79 Å². The van der Waals surface area contributed by atoms with Gasteiger partial charge in [-0.1, -0.05) is 50.1 Å². The molecule has 4 nitrogen and oxygen atoms in total. The Morgan fingerprint density at radius 3 is 2.39 bits per heavy atom. The van der Waals surface area contributed by atoms with E-state index < -0.39 is 0 Å². The smallest absolute Gasteiger partial charge is 0.254 e. The fourth-order valence-electron chi connectivity index (χ4n) is 3.01. The van der Waals surface area contributed by atoms with E-state index in [0.717, 1.165) is 29.9 Å². The summed E-state index contributed by atoms with van der Waals surface area (Å²) in [7, 11) is 0. The number of nitrogens with zero attached hydrogens (tertiary/aromatic N) is 1. The van der Waals surface area contributed by atoms with Gasteiger partial charge in [0.05, 0.1) is 19.4 Å². The van der Waals surface area contributed by atoms with Gasteiger partial charge in [0.25, 0.3) is 5.91 Å². The van der Waals surface area contributed by atoms with Crippen LogP contribution in [0, 0.1) is 0 Å². The lowest BCUT2D eigenvalue weighted by atomic mass is 10.1. The van der Waals surface area contributed by atoms with E-state index in [0.29, 0.717) is 25.3 Å². The van der Waals surface area contributed by atoms with Gasteiger partial charge in [0.2, 0.25) is 0 Å². The molecule has 0 radical (unpaired) electrons. The molecular formula is C24H27NO3. The van der Waals surface area contributed by atoms with Crippen molar-refractivity contribution in [1.29, 1.82) is 0 Å². The van der Waals surface area contributed by atoms with Crippen molar-refractivity contribution >= 4 is 5.91 Å². The lowest BCUT2D eigenvalue weighted by molar-refractivity contribution is 0.0717. The van der Waals surface area contributed by atoms with Crippen molar-refractivity contribution in [3.8, 4) is 5.75 Å². The fraction of sp³-hybridized carbons (Fsp3) is 0.292. The zero-order valence-corrected chi connectivity index (χ0v) is 16.3. The van der Waals surface area contributed by atoms with Crippen molar-refractivity contribution in [2.75, 3.05) is 6.61 Å². The van der Waals surface area contributed by atoms with Crippen LogP contribution in [0.3, 0.4) is 0 Å². The van der Waals surface area contributed by atoms with Crippen LogP contribution in [-0.4, -0.2) is 17.4 Å². The Balaban J connectivity index is 1.69. The molecule has 0 spiro atoms. The van der Waals surface area contributed by atoms with Crippen LogP contribution in [0.4, 0.5) is 0 Å². The number of unbranched alkanes of at least 4 members (excludes halogenated alkanes) is 2. The summed E-state index contributed by atoms with van der Waals surface area (Å²) in [5.41, 5.74) is 1.72. The average molecular weight is 377 g/mol. The first-order valence-corrected chi connectivity index (χ1v) is 9.84. The van der Waals surface area contributed by atoms with Crippen LogP contribution in [0.5, 0.6) is 5.75 Å². The molecule has 0 saturated heterocycles. The maximum atomic E-state index is 13.1. The van der Waals surface area contributed by atoms with Crippen LogP contribution >= 0.6 is 0 Å². The largest absolute Gasteiger partial charge is 0.494 e. The Labute approximate surface area is 166 Å². The Bertz CT molecular complexity index is 826. The average Bonchev–Trinajstić information content (AvgIpc) is 3.25. The molecule has 0 fully saturated rings. The van der Waals surface area contributed by atoms with Gasteiger partial charge in [0, 0.05) is 12.1 Å². The molecular weight excluding hydrogens is 350 g/mol. The molecule has 0 aliphatic rings. The molecule has 1 heterocycles. The van der Waals surface area contributed by atoms with Crippen LogP contribution in [0.25, 0.3) is 0 Å². The van der Waals surface area contributed by atoms with Crippen molar-refractivity contribution in [1.82, 2.24) is 4.90 Å². The number of amides is 1. The number of hydrogen-bond donors (Lipinski definition) is 0. The van der Waals surface area contributed by atoms with E-state index in [-0.39, 0.29) is 5.91 Å².